The van der Waals surface area contributed by atoms with Crippen LogP contribution in [0.1, 0.15) is 18.9 Å². The van der Waals surface area contributed by atoms with Crippen molar-refractivity contribution in [1.29, 1.82) is 5.26 Å². The summed E-state index contributed by atoms with van der Waals surface area (Å²) in [5.74, 6) is 5.93. The highest BCUT2D eigenvalue weighted by Gasteiger charge is 2.01. The highest BCUT2D eigenvalue weighted by Crippen LogP contribution is 2.17. The lowest BCUT2D eigenvalue weighted by Gasteiger charge is -2.02. The second-order valence-corrected chi connectivity index (χ2v) is 3.57. The Morgan fingerprint density at radius 1 is 1.31 bits per heavy atom. The van der Waals surface area contributed by atoms with Gasteiger partial charge in [-0.15, -0.1) is 11.8 Å². The van der Waals surface area contributed by atoms with Crippen molar-refractivity contribution in [3.63, 3.8) is 0 Å². The number of aromatic nitrogens is 1. The summed E-state index contributed by atoms with van der Waals surface area (Å²) in [5.41, 5.74) is 1.81. The maximum absolute atomic E-state index is 8.86. The molecule has 0 saturated carbocycles. The Balaban J connectivity index is 2.37. The smallest absolute Gasteiger partial charge is 0.0992 e. The van der Waals surface area contributed by atoms with E-state index in [1.807, 2.05) is 31.3 Å². The molecule has 0 unspecified atom stereocenters. The Morgan fingerprint density at radius 3 is 2.94 bits per heavy atom. The van der Waals surface area contributed by atoms with Crippen LogP contribution in [0.2, 0.25) is 0 Å². The Hall–Kier alpha value is -2.19. The molecule has 0 atom stereocenters. The maximum Gasteiger partial charge on any atom is 0.0992 e. The van der Waals surface area contributed by atoms with Crippen LogP contribution in [0, 0.1) is 23.2 Å². The topological polar surface area (TPSA) is 28.7 Å². The van der Waals surface area contributed by atoms with Gasteiger partial charge in [-0.05, 0) is 30.5 Å². The standard InChI is InChI=1S/C14H12N2/c1-2-3-4-8-16-9-7-13-6-5-12(11-15)10-14(13)16/h5-7,9-10H,4,8H2,1H3. The molecular formula is C14H12N2. The highest BCUT2D eigenvalue weighted by molar-refractivity contribution is 5.81. The van der Waals surface area contributed by atoms with Crippen molar-refractivity contribution < 1.29 is 0 Å². The van der Waals surface area contributed by atoms with Gasteiger partial charge in [0.1, 0.15) is 0 Å². The molecule has 1 aromatic carbocycles. The quantitative estimate of drug-likeness (QED) is 0.697. The van der Waals surface area contributed by atoms with Crippen molar-refractivity contribution in [2.75, 3.05) is 0 Å². The van der Waals surface area contributed by atoms with E-state index in [-0.39, 0.29) is 0 Å². The molecule has 0 N–H and O–H groups in total. The van der Waals surface area contributed by atoms with Crippen LogP contribution in [0.15, 0.2) is 30.5 Å². The van der Waals surface area contributed by atoms with Gasteiger partial charge in [-0.25, -0.2) is 0 Å². The van der Waals surface area contributed by atoms with Crippen LogP contribution < -0.4 is 0 Å². The van der Waals surface area contributed by atoms with Crippen molar-refractivity contribution in [3.8, 4) is 17.9 Å². The first kappa shape index (κ1) is 10.3. The molecule has 0 fully saturated rings. The average Bonchev–Trinajstić information content (AvgIpc) is 2.72. The van der Waals surface area contributed by atoms with Gasteiger partial charge in [0, 0.05) is 24.7 Å². The van der Waals surface area contributed by atoms with Crippen LogP contribution in [-0.2, 0) is 6.54 Å². The minimum absolute atomic E-state index is 0.703. The molecule has 2 heteroatoms. The molecule has 1 heterocycles. The van der Waals surface area contributed by atoms with Gasteiger partial charge < -0.3 is 4.57 Å². The number of nitriles is 1. The molecule has 16 heavy (non-hydrogen) atoms. The van der Waals surface area contributed by atoms with E-state index in [0.717, 1.165) is 18.5 Å². The number of nitrogens with zero attached hydrogens (tertiary/aromatic N) is 2. The van der Waals surface area contributed by atoms with E-state index in [2.05, 4.69) is 28.5 Å². The van der Waals surface area contributed by atoms with Crippen LogP contribution in [0.5, 0.6) is 0 Å². The number of rotatable bonds is 2. The first-order valence-electron chi connectivity index (χ1n) is 5.24. The van der Waals surface area contributed by atoms with Crippen molar-refractivity contribution in [3.05, 3.63) is 36.0 Å². The normalized spacial score (nSPS) is 9.50. The van der Waals surface area contributed by atoms with Crippen molar-refractivity contribution in [2.45, 2.75) is 19.9 Å². The number of aryl methyl sites for hydroxylation is 1. The summed E-state index contributed by atoms with van der Waals surface area (Å²) in [4.78, 5) is 0. The van der Waals surface area contributed by atoms with E-state index in [4.69, 9.17) is 5.26 Å². The highest BCUT2D eigenvalue weighted by atomic mass is 14.9. The molecular weight excluding hydrogens is 196 g/mol. The van der Waals surface area contributed by atoms with Crippen LogP contribution in [-0.4, -0.2) is 4.57 Å². The number of hydrogen-bond donors (Lipinski definition) is 0. The Bertz CT molecular complexity index is 603. The average molecular weight is 208 g/mol. The minimum atomic E-state index is 0.703. The summed E-state index contributed by atoms with van der Waals surface area (Å²) in [5, 5.41) is 10.0. The molecule has 0 aliphatic rings. The predicted molar refractivity (Wildman–Crippen MR) is 64.7 cm³/mol. The minimum Gasteiger partial charge on any atom is -0.346 e. The summed E-state index contributed by atoms with van der Waals surface area (Å²) in [6, 6.07) is 9.98. The number of fused-ring (bicyclic) bond motifs is 1. The molecule has 2 nitrogen and oxygen atoms in total. The molecule has 0 aliphatic heterocycles. The summed E-state index contributed by atoms with van der Waals surface area (Å²) in [6.45, 7) is 2.72. The van der Waals surface area contributed by atoms with Crippen LogP contribution in [0.25, 0.3) is 10.9 Å². The summed E-state index contributed by atoms with van der Waals surface area (Å²) in [6.07, 6.45) is 2.89. The zero-order valence-corrected chi connectivity index (χ0v) is 9.20. The largest absolute Gasteiger partial charge is 0.346 e. The van der Waals surface area contributed by atoms with Crippen LogP contribution in [0.4, 0.5) is 0 Å². The van der Waals surface area contributed by atoms with Crippen molar-refractivity contribution in [1.82, 2.24) is 4.57 Å². The van der Waals surface area contributed by atoms with Gasteiger partial charge in [0.2, 0.25) is 0 Å². The van der Waals surface area contributed by atoms with E-state index in [1.165, 1.54) is 5.39 Å². The molecule has 0 spiro atoms. The molecule has 2 rings (SSSR count). The zero-order valence-electron chi connectivity index (χ0n) is 9.20. The second kappa shape index (κ2) is 4.55. The fourth-order valence-corrected chi connectivity index (χ4v) is 1.75. The lowest BCUT2D eigenvalue weighted by Crippen LogP contribution is -1.94. The second-order valence-electron chi connectivity index (χ2n) is 3.57. The number of hydrogen-bond acceptors (Lipinski definition) is 1. The first-order valence-corrected chi connectivity index (χ1v) is 5.24. The maximum atomic E-state index is 8.86. The lowest BCUT2D eigenvalue weighted by molar-refractivity contribution is 0.749. The molecule has 0 bridgehead atoms. The SMILES string of the molecule is CC#CCCn1ccc2ccc(C#N)cc21. The molecule has 1 aromatic heterocycles. The monoisotopic (exact) mass is 208 g/mol. The fourth-order valence-electron chi connectivity index (χ4n) is 1.75. The Morgan fingerprint density at radius 2 is 2.19 bits per heavy atom. The van der Waals surface area contributed by atoms with Gasteiger partial charge in [0.25, 0.3) is 0 Å². The third-order valence-electron chi connectivity index (χ3n) is 2.56. The molecule has 0 saturated heterocycles. The van der Waals surface area contributed by atoms with Gasteiger partial charge in [0.05, 0.1) is 11.6 Å². The third-order valence-corrected chi connectivity index (χ3v) is 2.56. The van der Waals surface area contributed by atoms with Gasteiger partial charge in [-0.1, -0.05) is 6.07 Å². The summed E-state index contributed by atoms with van der Waals surface area (Å²) < 4.78 is 2.14. The lowest BCUT2D eigenvalue weighted by atomic mass is 10.2. The van der Waals surface area contributed by atoms with E-state index in [9.17, 15) is 0 Å². The van der Waals surface area contributed by atoms with E-state index in [0.29, 0.717) is 5.56 Å². The van der Waals surface area contributed by atoms with Crippen LogP contribution in [0.3, 0.4) is 0 Å². The van der Waals surface area contributed by atoms with Gasteiger partial charge >= 0.3 is 0 Å². The molecule has 2 aromatic rings. The van der Waals surface area contributed by atoms with Gasteiger partial charge in [-0.2, -0.15) is 5.26 Å². The van der Waals surface area contributed by atoms with E-state index < -0.39 is 0 Å². The van der Waals surface area contributed by atoms with Crippen molar-refractivity contribution >= 4 is 10.9 Å². The van der Waals surface area contributed by atoms with Gasteiger partial charge in [-0.3, -0.25) is 0 Å². The molecule has 78 valence electrons. The third kappa shape index (κ3) is 1.92. The molecule has 0 amide bonds. The van der Waals surface area contributed by atoms with Crippen molar-refractivity contribution in [2.24, 2.45) is 0 Å². The number of benzene rings is 1. The summed E-state index contributed by atoms with van der Waals surface area (Å²) in [7, 11) is 0. The molecule has 0 aliphatic carbocycles. The Kier molecular flexibility index (Phi) is 2.94. The summed E-state index contributed by atoms with van der Waals surface area (Å²) >= 11 is 0. The fraction of sp³-hybridized carbons (Fsp3) is 0.214. The Labute approximate surface area is 95.1 Å². The van der Waals surface area contributed by atoms with Crippen LogP contribution >= 0.6 is 0 Å². The van der Waals surface area contributed by atoms with Gasteiger partial charge in [0.15, 0.2) is 0 Å². The predicted octanol–water partition coefficient (Wildman–Crippen LogP) is 2.93. The molecule has 0 radical (unpaired) electrons. The zero-order chi connectivity index (χ0) is 11.4. The first-order chi connectivity index (χ1) is 7.85. The van der Waals surface area contributed by atoms with E-state index >= 15 is 0 Å². The van der Waals surface area contributed by atoms with E-state index in [1.54, 1.807) is 0 Å².